The third kappa shape index (κ3) is 3.40. The molecule has 0 aliphatic carbocycles. The Morgan fingerprint density at radius 1 is 0.867 bits per heavy atom. The number of aromatic nitrogens is 3. The zero-order chi connectivity index (χ0) is 20.5. The van der Waals surface area contributed by atoms with E-state index in [0.717, 1.165) is 27.4 Å². The van der Waals surface area contributed by atoms with Crippen LogP contribution >= 0.6 is 28.1 Å². The second-order valence-corrected chi connectivity index (χ2v) is 8.27. The van der Waals surface area contributed by atoms with Gasteiger partial charge in [0.1, 0.15) is 11.9 Å². The number of pyridine rings is 2. The first kappa shape index (κ1) is 19.0. The molecule has 4 aromatic rings. The number of nitrogens with zero attached hydrogens (tertiary/aromatic N) is 4. The normalized spacial score (nSPS) is 18.4. The van der Waals surface area contributed by atoms with Gasteiger partial charge in [-0.2, -0.15) is 0 Å². The minimum atomic E-state index is -0.0975. The van der Waals surface area contributed by atoms with Crippen LogP contribution in [0.3, 0.4) is 0 Å². The van der Waals surface area contributed by atoms with Gasteiger partial charge in [-0.3, -0.25) is 4.98 Å². The van der Waals surface area contributed by atoms with Crippen molar-refractivity contribution in [3.05, 3.63) is 107 Å². The second-order valence-electron chi connectivity index (χ2n) is 6.96. The smallest absolute Gasteiger partial charge is 0.174 e. The third-order valence-electron chi connectivity index (χ3n) is 5.18. The molecule has 0 amide bonds. The Morgan fingerprint density at radius 2 is 1.63 bits per heavy atom. The highest BCUT2D eigenvalue weighted by atomic mass is 79.9. The maximum atomic E-state index is 5.79. The standard InChI is InChI=1S/C23H18BrN5S/c24-16-9-11-17(12-10-16)29-22(21(27-23(29)30)18-6-1-3-13-25-18)19-7-5-15-28(19)20-8-2-4-14-26-20/h1-15,21-22H,(H,27,30)/t21-,22-/m1/s1. The summed E-state index contributed by atoms with van der Waals surface area (Å²) in [6, 6.07) is 24.1. The van der Waals surface area contributed by atoms with Crippen molar-refractivity contribution in [2.45, 2.75) is 12.1 Å². The van der Waals surface area contributed by atoms with Crippen LogP contribution in [0.5, 0.6) is 0 Å². The van der Waals surface area contributed by atoms with Crippen LogP contribution in [0.15, 0.2) is 95.9 Å². The zero-order valence-electron chi connectivity index (χ0n) is 15.9. The van der Waals surface area contributed by atoms with E-state index in [9.17, 15) is 0 Å². The lowest BCUT2D eigenvalue weighted by Gasteiger charge is -2.28. The van der Waals surface area contributed by atoms with E-state index in [2.05, 4.69) is 58.9 Å². The molecule has 4 heterocycles. The molecule has 1 saturated heterocycles. The Bertz CT molecular complexity index is 1160. The van der Waals surface area contributed by atoms with E-state index < -0.39 is 0 Å². The number of hydrogen-bond donors (Lipinski definition) is 1. The lowest BCUT2D eigenvalue weighted by molar-refractivity contribution is 0.548. The van der Waals surface area contributed by atoms with Crippen LogP contribution in [-0.2, 0) is 0 Å². The summed E-state index contributed by atoms with van der Waals surface area (Å²) in [6.45, 7) is 0. The summed E-state index contributed by atoms with van der Waals surface area (Å²) in [7, 11) is 0. The maximum Gasteiger partial charge on any atom is 0.174 e. The summed E-state index contributed by atoms with van der Waals surface area (Å²) in [5.41, 5.74) is 3.05. The number of halogens is 1. The molecule has 1 aliphatic heterocycles. The number of anilines is 1. The fraction of sp³-hybridized carbons (Fsp3) is 0.0870. The molecular formula is C23H18BrN5S. The molecular weight excluding hydrogens is 458 g/mol. The van der Waals surface area contributed by atoms with E-state index in [0.29, 0.717) is 5.11 Å². The minimum absolute atomic E-state index is 0.0921. The zero-order valence-corrected chi connectivity index (χ0v) is 18.3. The van der Waals surface area contributed by atoms with Gasteiger partial charge >= 0.3 is 0 Å². The summed E-state index contributed by atoms with van der Waals surface area (Å²) in [5.74, 6) is 0.867. The lowest BCUT2D eigenvalue weighted by atomic mass is 10.0. The molecule has 0 radical (unpaired) electrons. The molecule has 1 aromatic carbocycles. The van der Waals surface area contributed by atoms with Crippen LogP contribution in [0.2, 0.25) is 0 Å². The molecule has 0 saturated carbocycles. The first-order valence-electron chi connectivity index (χ1n) is 9.57. The van der Waals surface area contributed by atoms with Gasteiger partial charge in [-0.1, -0.05) is 28.1 Å². The Labute approximate surface area is 188 Å². The van der Waals surface area contributed by atoms with Crippen LogP contribution in [0.4, 0.5) is 5.69 Å². The SMILES string of the molecule is S=C1N[C@H](c2ccccn2)[C@@H](c2cccn2-c2ccccn2)N1c1ccc(Br)cc1. The molecule has 5 nitrogen and oxygen atoms in total. The largest absolute Gasteiger partial charge is 0.351 e. The molecule has 2 atom stereocenters. The van der Waals surface area contributed by atoms with Crippen molar-refractivity contribution < 1.29 is 0 Å². The van der Waals surface area contributed by atoms with Crippen LogP contribution in [-0.4, -0.2) is 19.6 Å². The molecule has 1 N–H and O–H groups in total. The molecule has 30 heavy (non-hydrogen) atoms. The van der Waals surface area contributed by atoms with Gasteiger partial charge < -0.3 is 14.8 Å². The van der Waals surface area contributed by atoms with E-state index in [-0.39, 0.29) is 12.1 Å². The number of hydrogen-bond acceptors (Lipinski definition) is 3. The topological polar surface area (TPSA) is 46.0 Å². The van der Waals surface area contributed by atoms with Crippen molar-refractivity contribution in [2.75, 3.05) is 4.90 Å². The van der Waals surface area contributed by atoms with Crippen LogP contribution in [0, 0.1) is 0 Å². The van der Waals surface area contributed by atoms with E-state index in [1.54, 1.807) is 6.20 Å². The maximum absolute atomic E-state index is 5.79. The number of nitrogens with one attached hydrogen (secondary N) is 1. The van der Waals surface area contributed by atoms with Gasteiger partial charge in [0, 0.05) is 34.4 Å². The highest BCUT2D eigenvalue weighted by Gasteiger charge is 2.42. The van der Waals surface area contributed by atoms with Gasteiger partial charge in [-0.05, 0) is 72.9 Å². The monoisotopic (exact) mass is 475 g/mol. The first-order chi connectivity index (χ1) is 14.7. The minimum Gasteiger partial charge on any atom is -0.351 e. The van der Waals surface area contributed by atoms with Crippen molar-refractivity contribution in [3.63, 3.8) is 0 Å². The van der Waals surface area contributed by atoms with E-state index in [1.807, 2.05) is 67.0 Å². The highest BCUT2D eigenvalue weighted by Crippen LogP contribution is 2.42. The van der Waals surface area contributed by atoms with E-state index in [4.69, 9.17) is 12.2 Å². The van der Waals surface area contributed by atoms with Crippen molar-refractivity contribution >= 4 is 38.9 Å². The van der Waals surface area contributed by atoms with Crippen molar-refractivity contribution in [3.8, 4) is 5.82 Å². The Hall–Kier alpha value is -3.03. The number of thiocarbonyl (C=S) groups is 1. The third-order valence-corrected chi connectivity index (χ3v) is 6.03. The molecule has 0 bridgehead atoms. The fourth-order valence-electron chi connectivity index (χ4n) is 3.88. The Kier molecular flexibility index (Phi) is 5.06. The Balaban J connectivity index is 1.67. The molecule has 3 aromatic heterocycles. The van der Waals surface area contributed by atoms with Crippen LogP contribution < -0.4 is 10.2 Å². The number of benzene rings is 1. The van der Waals surface area contributed by atoms with Crippen LogP contribution in [0.1, 0.15) is 23.5 Å². The predicted octanol–water partition coefficient (Wildman–Crippen LogP) is 5.21. The van der Waals surface area contributed by atoms with Gasteiger partial charge in [0.05, 0.1) is 11.7 Å². The lowest BCUT2D eigenvalue weighted by Crippen LogP contribution is -2.30. The summed E-state index contributed by atoms with van der Waals surface area (Å²) < 4.78 is 3.14. The Morgan fingerprint density at radius 3 is 2.33 bits per heavy atom. The summed E-state index contributed by atoms with van der Waals surface area (Å²) in [5, 5.41) is 4.17. The predicted molar refractivity (Wildman–Crippen MR) is 126 cm³/mol. The van der Waals surface area contributed by atoms with E-state index >= 15 is 0 Å². The molecule has 148 valence electrons. The molecule has 1 aliphatic rings. The summed E-state index contributed by atoms with van der Waals surface area (Å²) >= 11 is 9.32. The van der Waals surface area contributed by atoms with Gasteiger partial charge in [0.2, 0.25) is 0 Å². The van der Waals surface area contributed by atoms with Crippen molar-refractivity contribution in [2.24, 2.45) is 0 Å². The fourth-order valence-corrected chi connectivity index (χ4v) is 4.49. The summed E-state index contributed by atoms with van der Waals surface area (Å²) in [6.07, 6.45) is 5.66. The number of rotatable bonds is 4. The van der Waals surface area contributed by atoms with Crippen molar-refractivity contribution in [1.82, 2.24) is 19.9 Å². The molecule has 0 spiro atoms. The van der Waals surface area contributed by atoms with Gasteiger partial charge in [0.15, 0.2) is 5.11 Å². The average Bonchev–Trinajstić information content (AvgIpc) is 3.40. The molecule has 5 rings (SSSR count). The van der Waals surface area contributed by atoms with Gasteiger partial charge in [0.25, 0.3) is 0 Å². The average molecular weight is 476 g/mol. The first-order valence-corrected chi connectivity index (χ1v) is 10.8. The molecule has 7 heteroatoms. The molecule has 0 unspecified atom stereocenters. The van der Waals surface area contributed by atoms with Gasteiger partial charge in [-0.15, -0.1) is 0 Å². The molecule has 1 fully saturated rings. The highest BCUT2D eigenvalue weighted by molar-refractivity contribution is 9.10. The van der Waals surface area contributed by atoms with Crippen LogP contribution in [0.25, 0.3) is 5.82 Å². The van der Waals surface area contributed by atoms with Gasteiger partial charge in [-0.25, -0.2) is 4.98 Å². The quantitative estimate of drug-likeness (QED) is 0.410. The second kappa shape index (κ2) is 8.01. The van der Waals surface area contributed by atoms with Crippen molar-refractivity contribution in [1.29, 1.82) is 0 Å². The summed E-state index contributed by atoms with van der Waals surface area (Å²) in [4.78, 5) is 11.3. The van der Waals surface area contributed by atoms with E-state index in [1.165, 1.54) is 0 Å².